The van der Waals surface area contributed by atoms with Gasteiger partial charge in [-0.15, -0.1) is 0 Å². The molecule has 0 unspecified atom stereocenters. The number of rotatable bonds is 4. The molecule has 0 atom stereocenters. The van der Waals surface area contributed by atoms with E-state index in [1.165, 1.54) is 6.20 Å². The zero-order valence-electron chi connectivity index (χ0n) is 11.6. The number of anilines is 1. The number of nitrogen functional groups attached to an aromatic ring is 1. The summed E-state index contributed by atoms with van der Waals surface area (Å²) in [5.41, 5.74) is -0.0292. The van der Waals surface area contributed by atoms with E-state index in [1.54, 1.807) is 0 Å². The number of hydrazine groups is 1. The summed E-state index contributed by atoms with van der Waals surface area (Å²) < 4.78 is 38.6. The topological polar surface area (TPSA) is 92.9 Å². The van der Waals surface area contributed by atoms with Crippen molar-refractivity contribution in [3.8, 4) is 0 Å². The van der Waals surface area contributed by atoms with E-state index in [9.17, 15) is 18.0 Å². The van der Waals surface area contributed by atoms with E-state index >= 15 is 0 Å². The van der Waals surface area contributed by atoms with Gasteiger partial charge in [-0.05, 0) is 12.8 Å². The van der Waals surface area contributed by atoms with Crippen molar-refractivity contribution in [2.75, 3.05) is 5.43 Å². The van der Waals surface area contributed by atoms with Crippen LogP contribution < -0.4 is 16.6 Å². The van der Waals surface area contributed by atoms with Crippen LogP contribution in [0.2, 0.25) is 0 Å². The van der Waals surface area contributed by atoms with Crippen molar-refractivity contribution < 1.29 is 18.0 Å². The lowest BCUT2D eigenvalue weighted by Crippen LogP contribution is -2.48. The minimum Gasteiger partial charge on any atom is -0.336 e. The summed E-state index contributed by atoms with van der Waals surface area (Å²) in [6.07, 6.45) is -3.46. The third kappa shape index (κ3) is 2.92. The Labute approximate surface area is 119 Å². The molecule has 0 bridgehead atoms. The van der Waals surface area contributed by atoms with Gasteiger partial charge >= 0.3 is 6.18 Å². The SMILES string of the molecule is CC(C)c1ncc(NN)c(C(=O)NC2(C(F)(F)F)CC2)n1. The highest BCUT2D eigenvalue weighted by molar-refractivity contribution is 5.98. The van der Waals surface area contributed by atoms with E-state index in [0.29, 0.717) is 5.82 Å². The number of aromatic nitrogens is 2. The third-order valence-electron chi connectivity index (χ3n) is 3.34. The molecule has 0 spiro atoms. The van der Waals surface area contributed by atoms with Crippen molar-refractivity contribution in [2.45, 2.75) is 44.3 Å². The van der Waals surface area contributed by atoms with Crippen molar-refractivity contribution in [3.05, 3.63) is 17.7 Å². The van der Waals surface area contributed by atoms with Gasteiger partial charge in [0.05, 0.1) is 11.9 Å². The fourth-order valence-corrected chi connectivity index (χ4v) is 1.83. The smallest absolute Gasteiger partial charge is 0.336 e. The highest BCUT2D eigenvalue weighted by Crippen LogP contribution is 2.49. The predicted octanol–water partition coefficient (Wildman–Crippen LogP) is 1.71. The van der Waals surface area contributed by atoms with Crippen LogP contribution in [0.3, 0.4) is 0 Å². The number of alkyl halides is 3. The van der Waals surface area contributed by atoms with Crippen LogP contribution in [0.5, 0.6) is 0 Å². The number of amides is 1. The van der Waals surface area contributed by atoms with Gasteiger partial charge < -0.3 is 10.7 Å². The molecular formula is C12H16F3N5O. The average molecular weight is 303 g/mol. The molecule has 9 heteroatoms. The van der Waals surface area contributed by atoms with Gasteiger partial charge in [-0.25, -0.2) is 9.97 Å². The molecule has 0 aliphatic heterocycles. The number of carbonyl (C=O) groups excluding carboxylic acids is 1. The maximum Gasteiger partial charge on any atom is 0.411 e. The second-order valence-electron chi connectivity index (χ2n) is 5.32. The van der Waals surface area contributed by atoms with Gasteiger partial charge in [-0.3, -0.25) is 10.6 Å². The molecule has 21 heavy (non-hydrogen) atoms. The first-order valence-corrected chi connectivity index (χ1v) is 6.43. The predicted molar refractivity (Wildman–Crippen MR) is 69.4 cm³/mol. The number of carbonyl (C=O) groups is 1. The first-order valence-electron chi connectivity index (χ1n) is 6.43. The van der Waals surface area contributed by atoms with Gasteiger partial charge in [0.25, 0.3) is 5.91 Å². The van der Waals surface area contributed by atoms with Crippen LogP contribution in [0.4, 0.5) is 18.9 Å². The molecule has 0 radical (unpaired) electrons. The van der Waals surface area contributed by atoms with E-state index in [2.05, 4.69) is 15.4 Å². The minimum absolute atomic E-state index is 0.0686. The van der Waals surface area contributed by atoms with E-state index in [1.807, 2.05) is 19.2 Å². The molecule has 6 nitrogen and oxygen atoms in total. The normalized spacial score (nSPS) is 16.7. The molecule has 1 aliphatic carbocycles. The Morgan fingerprint density at radius 2 is 2.05 bits per heavy atom. The molecule has 116 valence electrons. The highest BCUT2D eigenvalue weighted by Gasteiger charge is 2.64. The number of nitrogens with two attached hydrogens (primary N) is 1. The summed E-state index contributed by atoms with van der Waals surface area (Å²) in [6, 6.07) is 0. The van der Waals surface area contributed by atoms with Crippen LogP contribution in [0.25, 0.3) is 0 Å². The van der Waals surface area contributed by atoms with Crippen LogP contribution in [-0.4, -0.2) is 27.6 Å². The van der Waals surface area contributed by atoms with E-state index in [-0.39, 0.29) is 30.1 Å². The van der Waals surface area contributed by atoms with Crippen LogP contribution >= 0.6 is 0 Å². The molecule has 1 aliphatic rings. The average Bonchev–Trinajstić information content (AvgIpc) is 3.18. The summed E-state index contributed by atoms with van der Waals surface area (Å²) in [7, 11) is 0. The Hall–Kier alpha value is -1.90. The summed E-state index contributed by atoms with van der Waals surface area (Å²) in [6.45, 7) is 3.62. The second-order valence-corrected chi connectivity index (χ2v) is 5.32. The Bertz CT molecular complexity index is 554. The lowest BCUT2D eigenvalue weighted by Gasteiger charge is -2.21. The lowest BCUT2D eigenvalue weighted by atomic mass is 10.2. The highest BCUT2D eigenvalue weighted by atomic mass is 19.4. The molecule has 2 rings (SSSR count). The Morgan fingerprint density at radius 3 is 2.48 bits per heavy atom. The van der Waals surface area contributed by atoms with Crippen LogP contribution in [0, 0.1) is 0 Å². The van der Waals surface area contributed by atoms with Crippen molar-refractivity contribution in [2.24, 2.45) is 5.84 Å². The van der Waals surface area contributed by atoms with E-state index < -0.39 is 17.6 Å². The molecule has 0 aromatic carbocycles. The Morgan fingerprint density at radius 1 is 1.43 bits per heavy atom. The first-order chi connectivity index (χ1) is 9.70. The summed E-state index contributed by atoms with van der Waals surface area (Å²) in [4.78, 5) is 20.1. The summed E-state index contributed by atoms with van der Waals surface area (Å²) in [5, 5.41) is 2.01. The number of hydrogen-bond donors (Lipinski definition) is 3. The first kappa shape index (κ1) is 15.5. The minimum atomic E-state index is -4.48. The van der Waals surface area contributed by atoms with Gasteiger partial charge in [-0.2, -0.15) is 13.2 Å². The molecule has 0 saturated heterocycles. The Balaban J connectivity index is 2.28. The maximum absolute atomic E-state index is 12.9. The van der Waals surface area contributed by atoms with E-state index in [4.69, 9.17) is 5.84 Å². The molecule has 1 saturated carbocycles. The van der Waals surface area contributed by atoms with Crippen LogP contribution in [0.15, 0.2) is 6.20 Å². The zero-order chi connectivity index (χ0) is 15.8. The molecule has 1 heterocycles. The zero-order valence-corrected chi connectivity index (χ0v) is 11.6. The van der Waals surface area contributed by atoms with Crippen molar-refractivity contribution in [1.82, 2.24) is 15.3 Å². The van der Waals surface area contributed by atoms with Crippen LogP contribution in [0.1, 0.15) is 48.9 Å². The quantitative estimate of drug-likeness (QED) is 0.581. The van der Waals surface area contributed by atoms with Crippen LogP contribution in [-0.2, 0) is 0 Å². The standard InChI is InChI=1S/C12H16F3N5O/c1-6(2)9-17-5-7(20-16)8(18-9)10(21)19-11(3-4-11)12(13,14)15/h5-6,20H,3-4,16H2,1-2H3,(H,19,21). The number of nitrogens with one attached hydrogen (secondary N) is 2. The third-order valence-corrected chi connectivity index (χ3v) is 3.34. The van der Waals surface area contributed by atoms with Crippen molar-refractivity contribution in [3.63, 3.8) is 0 Å². The largest absolute Gasteiger partial charge is 0.411 e. The van der Waals surface area contributed by atoms with Gasteiger partial charge in [0.15, 0.2) is 5.69 Å². The second kappa shape index (κ2) is 5.14. The van der Waals surface area contributed by atoms with Crippen molar-refractivity contribution >= 4 is 11.6 Å². The maximum atomic E-state index is 12.9. The summed E-state index contributed by atoms with van der Waals surface area (Å²) >= 11 is 0. The lowest BCUT2D eigenvalue weighted by molar-refractivity contribution is -0.163. The van der Waals surface area contributed by atoms with E-state index in [0.717, 1.165) is 0 Å². The van der Waals surface area contributed by atoms with Crippen molar-refractivity contribution in [1.29, 1.82) is 0 Å². The monoisotopic (exact) mass is 303 g/mol. The molecule has 1 aromatic heterocycles. The fraction of sp³-hybridized carbons (Fsp3) is 0.583. The van der Waals surface area contributed by atoms with Gasteiger partial charge in [0.2, 0.25) is 0 Å². The number of nitrogens with zero attached hydrogens (tertiary/aromatic N) is 2. The Kier molecular flexibility index (Phi) is 3.79. The molecule has 1 amide bonds. The molecule has 4 N–H and O–H groups in total. The van der Waals surface area contributed by atoms with Gasteiger partial charge in [0, 0.05) is 5.92 Å². The fourth-order valence-electron chi connectivity index (χ4n) is 1.83. The molecular weight excluding hydrogens is 287 g/mol. The van der Waals surface area contributed by atoms with Gasteiger partial charge in [-0.1, -0.05) is 13.8 Å². The molecule has 1 aromatic rings. The van der Waals surface area contributed by atoms with Gasteiger partial charge in [0.1, 0.15) is 11.4 Å². The summed E-state index contributed by atoms with van der Waals surface area (Å²) in [5.74, 6) is 4.62. The molecule has 1 fully saturated rings. The number of halogens is 3. The number of hydrogen-bond acceptors (Lipinski definition) is 5.